The number of phenolic OH excluding ortho intramolecular Hbond substituents is 1. The van der Waals surface area contributed by atoms with Gasteiger partial charge in [-0.2, -0.15) is 0 Å². The second-order valence-electron chi connectivity index (χ2n) is 9.70. The predicted molar refractivity (Wildman–Crippen MR) is 130 cm³/mol. The maximum atomic E-state index is 12.0. The highest BCUT2D eigenvalue weighted by atomic mass is 16.5. The molecule has 0 radical (unpaired) electrons. The third-order valence-electron chi connectivity index (χ3n) is 7.34. The van der Waals surface area contributed by atoms with Gasteiger partial charge >= 0.3 is 0 Å². The molecule has 3 aliphatic heterocycles. The normalized spacial score (nSPS) is 24.0. The number of pyridine rings is 1. The van der Waals surface area contributed by atoms with Gasteiger partial charge in [0.15, 0.2) is 5.82 Å². The van der Waals surface area contributed by atoms with Gasteiger partial charge in [-0.3, -0.25) is 4.79 Å². The van der Waals surface area contributed by atoms with Crippen molar-refractivity contribution in [1.29, 1.82) is 0 Å². The number of fused-ring (bicyclic) bond motifs is 3. The van der Waals surface area contributed by atoms with Gasteiger partial charge in [0.1, 0.15) is 5.75 Å². The summed E-state index contributed by atoms with van der Waals surface area (Å²) in [6, 6.07) is 12.2. The molecular weight excluding hydrogens is 430 g/mol. The molecule has 2 atom stereocenters. The Labute approximate surface area is 198 Å². The monoisotopic (exact) mass is 459 g/mol. The first kappa shape index (κ1) is 21.3. The molecule has 3 aliphatic rings. The molecule has 176 valence electrons. The topological polar surface area (TPSA) is 92.5 Å². The second-order valence-corrected chi connectivity index (χ2v) is 9.70. The van der Waals surface area contributed by atoms with Crippen LogP contribution in [0, 0.1) is 0 Å². The lowest BCUT2D eigenvalue weighted by Crippen LogP contribution is -2.59. The van der Waals surface area contributed by atoms with E-state index in [2.05, 4.69) is 26.5 Å². The first-order chi connectivity index (χ1) is 16.5. The minimum atomic E-state index is -0.0870. The molecule has 5 heterocycles. The molecule has 2 fully saturated rings. The van der Waals surface area contributed by atoms with Gasteiger partial charge in [-0.1, -0.05) is 6.07 Å². The van der Waals surface area contributed by atoms with Gasteiger partial charge in [0.05, 0.1) is 18.9 Å². The van der Waals surface area contributed by atoms with Crippen molar-refractivity contribution in [2.24, 2.45) is 7.05 Å². The molecule has 3 aromatic rings. The van der Waals surface area contributed by atoms with Crippen LogP contribution < -0.4 is 15.8 Å². The van der Waals surface area contributed by atoms with E-state index in [9.17, 15) is 9.90 Å². The molecule has 2 aromatic heterocycles. The summed E-state index contributed by atoms with van der Waals surface area (Å²) in [5.74, 6) is 1.11. The molecule has 0 amide bonds. The summed E-state index contributed by atoms with van der Waals surface area (Å²) < 4.78 is 7.24. The molecule has 2 saturated heterocycles. The number of ether oxygens (including phenoxy) is 1. The average Bonchev–Trinajstić information content (AvgIpc) is 2.84. The van der Waals surface area contributed by atoms with Crippen LogP contribution in [0.3, 0.4) is 0 Å². The maximum absolute atomic E-state index is 12.0. The number of hydrogen-bond donors (Lipinski definition) is 2. The van der Waals surface area contributed by atoms with E-state index in [0.717, 1.165) is 62.4 Å². The van der Waals surface area contributed by atoms with Crippen molar-refractivity contribution in [2.45, 2.75) is 43.8 Å². The lowest BCUT2D eigenvalue weighted by molar-refractivity contribution is 0.0177. The van der Waals surface area contributed by atoms with Crippen LogP contribution in [-0.4, -0.2) is 57.8 Å². The van der Waals surface area contributed by atoms with Gasteiger partial charge in [-0.05, 0) is 66.6 Å². The van der Waals surface area contributed by atoms with Crippen LogP contribution >= 0.6 is 0 Å². The Kier molecular flexibility index (Phi) is 5.34. The van der Waals surface area contributed by atoms with Crippen molar-refractivity contribution in [3.05, 3.63) is 58.5 Å². The third kappa shape index (κ3) is 3.86. The van der Waals surface area contributed by atoms with Gasteiger partial charge in [0.2, 0.25) is 0 Å². The molecule has 1 aromatic carbocycles. The first-order valence-electron chi connectivity index (χ1n) is 12.0. The quantitative estimate of drug-likeness (QED) is 0.622. The second kappa shape index (κ2) is 8.52. The molecule has 0 spiro atoms. The van der Waals surface area contributed by atoms with Crippen molar-refractivity contribution in [2.75, 3.05) is 24.7 Å². The minimum absolute atomic E-state index is 0.0870. The Balaban J connectivity index is 1.28. The Morgan fingerprint density at radius 1 is 1.06 bits per heavy atom. The summed E-state index contributed by atoms with van der Waals surface area (Å²) in [6.07, 6.45) is 5.89. The van der Waals surface area contributed by atoms with E-state index in [1.165, 1.54) is 10.1 Å². The summed E-state index contributed by atoms with van der Waals surface area (Å²) in [4.78, 5) is 14.4. The number of anilines is 1. The number of benzene rings is 1. The number of piperidine rings is 1. The van der Waals surface area contributed by atoms with E-state index in [-0.39, 0.29) is 11.3 Å². The van der Waals surface area contributed by atoms with Crippen LogP contribution in [0.2, 0.25) is 0 Å². The third-order valence-corrected chi connectivity index (χ3v) is 7.34. The van der Waals surface area contributed by atoms with Crippen LogP contribution in [0.5, 0.6) is 5.75 Å². The number of morpholine rings is 1. The fourth-order valence-corrected chi connectivity index (χ4v) is 5.60. The van der Waals surface area contributed by atoms with Crippen molar-refractivity contribution >= 4 is 5.82 Å². The van der Waals surface area contributed by atoms with Crippen molar-refractivity contribution in [3.63, 3.8) is 0 Å². The Hall–Kier alpha value is -3.23. The Bertz CT molecular complexity index is 1280. The maximum Gasteiger partial charge on any atom is 0.250 e. The highest BCUT2D eigenvalue weighted by molar-refractivity contribution is 5.75. The molecule has 0 saturated carbocycles. The fourth-order valence-electron chi connectivity index (χ4n) is 5.60. The number of hydrogen-bond acceptors (Lipinski definition) is 7. The van der Waals surface area contributed by atoms with Gasteiger partial charge in [-0.15, -0.1) is 10.2 Å². The number of phenols is 1. The Morgan fingerprint density at radius 2 is 1.85 bits per heavy atom. The molecule has 2 bridgehead atoms. The predicted octanol–water partition coefficient (Wildman–Crippen LogP) is 2.49. The van der Waals surface area contributed by atoms with Crippen LogP contribution in [-0.2, 0) is 18.2 Å². The molecule has 34 heavy (non-hydrogen) atoms. The minimum Gasteiger partial charge on any atom is -0.507 e. The molecule has 8 nitrogen and oxygen atoms in total. The summed E-state index contributed by atoms with van der Waals surface area (Å²) >= 11 is 0. The summed E-state index contributed by atoms with van der Waals surface area (Å²) in [7, 11) is 1.72. The van der Waals surface area contributed by atoms with E-state index in [0.29, 0.717) is 29.4 Å². The SMILES string of the molecule is Cn1ccc(-c2ccc(-c3cc4c(nn3)N(C3C[C@H]5COC[C@H](C3)N5)CCC4)c(O)c2)cc1=O. The fraction of sp³-hybridized carbons (Fsp3) is 0.423. The number of aromatic nitrogens is 3. The van der Waals surface area contributed by atoms with E-state index in [1.54, 1.807) is 25.4 Å². The van der Waals surface area contributed by atoms with Gasteiger partial charge in [-0.25, -0.2) is 0 Å². The van der Waals surface area contributed by atoms with Gasteiger partial charge < -0.3 is 24.6 Å². The lowest BCUT2D eigenvalue weighted by Gasteiger charge is -2.46. The Morgan fingerprint density at radius 3 is 2.62 bits per heavy atom. The van der Waals surface area contributed by atoms with Crippen molar-refractivity contribution in [3.8, 4) is 28.1 Å². The van der Waals surface area contributed by atoms with Gasteiger partial charge in [0, 0.05) is 49.5 Å². The lowest BCUT2D eigenvalue weighted by atomic mass is 9.90. The number of nitrogens with one attached hydrogen (secondary N) is 1. The van der Waals surface area contributed by atoms with Crippen molar-refractivity contribution in [1.82, 2.24) is 20.1 Å². The van der Waals surface area contributed by atoms with E-state index >= 15 is 0 Å². The molecule has 8 heteroatoms. The van der Waals surface area contributed by atoms with E-state index in [4.69, 9.17) is 4.74 Å². The molecule has 0 unspecified atom stereocenters. The smallest absolute Gasteiger partial charge is 0.250 e. The number of rotatable bonds is 3. The molecule has 6 rings (SSSR count). The largest absolute Gasteiger partial charge is 0.507 e. The van der Waals surface area contributed by atoms with Crippen LogP contribution in [0.4, 0.5) is 5.82 Å². The van der Waals surface area contributed by atoms with E-state index < -0.39 is 0 Å². The summed E-state index contributed by atoms with van der Waals surface area (Å²) in [6.45, 7) is 2.57. The zero-order chi connectivity index (χ0) is 23.2. The van der Waals surface area contributed by atoms with Crippen LogP contribution in [0.25, 0.3) is 22.4 Å². The van der Waals surface area contributed by atoms with Gasteiger partial charge in [0.25, 0.3) is 5.56 Å². The zero-order valence-corrected chi connectivity index (χ0v) is 19.3. The molecule has 2 N–H and O–H groups in total. The first-order valence-corrected chi connectivity index (χ1v) is 12.0. The number of nitrogens with zero attached hydrogens (tertiary/aromatic N) is 4. The van der Waals surface area contributed by atoms with E-state index in [1.807, 2.05) is 18.2 Å². The highest BCUT2D eigenvalue weighted by Gasteiger charge is 2.36. The number of aromatic hydroxyl groups is 1. The van der Waals surface area contributed by atoms with Crippen molar-refractivity contribution < 1.29 is 9.84 Å². The average molecular weight is 460 g/mol. The van der Waals surface area contributed by atoms with Crippen LogP contribution in [0.1, 0.15) is 24.8 Å². The summed E-state index contributed by atoms with van der Waals surface area (Å²) in [5, 5.41) is 23.7. The van der Waals surface area contributed by atoms with Crippen LogP contribution in [0.15, 0.2) is 47.4 Å². The number of aryl methyl sites for hydroxylation is 2. The molecular formula is C26H29N5O3. The molecule has 0 aliphatic carbocycles. The summed E-state index contributed by atoms with van der Waals surface area (Å²) in [5.41, 5.74) is 3.98. The standard InChI is InChI=1S/C26H29N5O3/c1-30-8-6-17(11-25(30)33)16-4-5-22(24(32)10-16)23-9-18-3-2-7-31(26(18)29-28-23)21-12-19-14-34-15-20(13-21)27-19/h4-6,8-11,19-21,27,32H,2-3,7,12-15H2,1H3/t19-,20-/m0/s1. The highest BCUT2D eigenvalue weighted by Crippen LogP contribution is 2.36. The zero-order valence-electron chi connectivity index (χ0n) is 19.3.